The quantitative estimate of drug-likeness (QED) is 0.258. The van der Waals surface area contributed by atoms with Gasteiger partial charge in [-0.15, -0.1) is 24.0 Å². The van der Waals surface area contributed by atoms with Crippen molar-refractivity contribution in [2.75, 3.05) is 46.4 Å². The molecule has 1 fully saturated rings. The molecule has 0 bridgehead atoms. The van der Waals surface area contributed by atoms with Crippen molar-refractivity contribution in [1.82, 2.24) is 15.1 Å². The fourth-order valence-corrected chi connectivity index (χ4v) is 3.37. The lowest BCUT2D eigenvalue weighted by atomic mass is 10.2. The minimum atomic E-state index is 0. The number of nitrogens with one attached hydrogen (secondary N) is 1. The zero-order valence-electron chi connectivity index (χ0n) is 16.5. The van der Waals surface area contributed by atoms with Crippen LogP contribution in [0.15, 0.2) is 35.3 Å². The molecule has 0 spiro atoms. The summed E-state index contributed by atoms with van der Waals surface area (Å²) in [5.41, 5.74) is 1.20. The summed E-state index contributed by atoms with van der Waals surface area (Å²) in [5, 5.41) is 3.40. The molecule has 26 heavy (non-hydrogen) atoms. The smallest absolute Gasteiger partial charge is 0.193 e. The van der Waals surface area contributed by atoms with Gasteiger partial charge in [-0.1, -0.05) is 37.3 Å². The number of likely N-dealkylation sites (tertiary alicyclic amines) is 1. The summed E-state index contributed by atoms with van der Waals surface area (Å²) in [7, 11) is 2.14. The zero-order valence-corrected chi connectivity index (χ0v) is 18.8. The van der Waals surface area contributed by atoms with Crippen LogP contribution in [0.5, 0.6) is 0 Å². The Morgan fingerprint density at radius 1 is 1.31 bits per heavy atom. The Labute approximate surface area is 176 Å². The standard InChI is InChI=1S/C20H34N4O.HI/c1-4-21-20(23(3)16-19-12-9-14-24(19)5-2)22-13-15-25-17-18-10-7-6-8-11-18;/h6-8,10-11,19H,4-5,9,12-17H2,1-3H3,(H,21,22);1H. The molecule has 1 N–H and O–H groups in total. The molecule has 1 aromatic rings. The van der Waals surface area contributed by atoms with Gasteiger partial charge in [-0.2, -0.15) is 0 Å². The van der Waals surface area contributed by atoms with Gasteiger partial charge in [0.1, 0.15) is 0 Å². The van der Waals surface area contributed by atoms with Crippen molar-refractivity contribution in [2.45, 2.75) is 39.3 Å². The number of hydrogen-bond donors (Lipinski definition) is 1. The largest absolute Gasteiger partial charge is 0.375 e. The molecule has 6 heteroatoms. The first-order valence-electron chi connectivity index (χ1n) is 9.59. The highest BCUT2D eigenvalue weighted by atomic mass is 127. The van der Waals surface area contributed by atoms with Crippen molar-refractivity contribution in [3.05, 3.63) is 35.9 Å². The van der Waals surface area contributed by atoms with Gasteiger partial charge >= 0.3 is 0 Å². The predicted molar refractivity (Wildman–Crippen MR) is 120 cm³/mol. The van der Waals surface area contributed by atoms with E-state index in [0.717, 1.165) is 25.6 Å². The molecule has 5 nitrogen and oxygen atoms in total. The maximum Gasteiger partial charge on any atom is 0.193 e. The van der Waals surface area contributed by atoms with E-state index in [1.165, 1.54) is 24.9 Å². The topological polar surface area (TPSA) is 40.1 Å². The van der Waals surface area contributed by atoms with Crippen LogP contribution in [0.25, 0.3) is 0 Å². The van der Waals surface area contributed by atoms with Crippen molar-refractivity contribution in [1.29, 1.82) is 0 Å². The summed E-state index contributed by atoms with van der Waals surface area (Å²) >= 11 is 0. The van der Waals surface area contributed by atoms with E-state index in [0.29, 0.717) is 25.8 Å². The number of guanidine groups is 1. The van der Waals surface area contributed by atoms with E-state index in [4.69, 9.17) is 9.73 Å². The van der Waals surface area contributed by atoms with E-state index in [9.17, 15) is 0 Å². The van der Waals surface area contributed by atoms with Gasteiger partial charge in [0.25, 0.3) is 0 Å². The van der Waals surface area contributed by atoms with E-state index >= 15 is 0 Å². The summed E-state index contributed by atoms with van der Waals surface area (Å²) in [6, 6.07) is 10.9. The number of halogens is 1. The second-order valence-electron chi connectivity index (χ2n) is 6.58. The molecule has 1 saturated heterocycles. The van der Waals surface area contributed by atoms with E-state index in [-0.39, 0.29) is 24.0 Å². The Morgan fingerprint density at radius 2 is 2.08 bits per heavy atom. The van der Waals surface area contributed by atoms with Crippen LogP contribution in [0.1, 0.15) is 32.3 Å². The first-order chi connectivity index (χ1) is 12.2. The SMILES string of the molecule is CCNC(=NCCOCc1ccccc1)N(C)CC1CCCN1CC.I. The molecular formula is C20H35IN4O. The fraction of sp³-hybridized carbons (Fsp3) is 0.650. The van der Waals surface area contributed by atoms with Gasteiger partial charge in [-0.25, -0.2) is 0 Å². The van der Waals surface area contributed by atoms with Crippen LogP contribution in [0.4, 0.5) is 0 Å². The minimum absolute atomic E-state index is 0. The van der Waals surface area contributed by atoms with Gasteiger partial charge < -0.3 is 15.0 Å². The maximum absolute atomic E-state index is 5.73. The molecule has 0 saturated carbocycles. The fourth-order valence-electron chi connectivity index (χ4n) is 3.37. The number of nitrogens with zero attached hydrogens (tertiary/aromatic N) is 3. The Balaban J connectivity index is 0.00000338. The molecule has 0 radical (unpaired) electrons. The second-order valence-corrected chi connectivity index (χ2v) is 6.58. The van der Waals surface area contributed by atoms with E-state index in [1.54, 1.807) is 0 Å². The molecule has 0 aliphatic carbocycles. The lowest BCUT2D eigenvalue weighted by molar-refractivity contribution is 0.128. The Morgan fingerprint density at radius 3 is 2.77 bits per heavy atom. The zero-order chi connectivity index (χ0) is 17.9. The van der Waals surface area contributed by atoms with Gasteiger partial charge in [0, 0.05) is 26.2 Å². The number of hydrogen-bond acceptors (Lipinski definition) is 3. The van der Waals surface area contributed by atoms with Crippen LogP contribution in [0, 0.1) is 0 Å². The van der Waals surface area contributed by atoms with Crippen molar-refractivity contribution in [3.63, 3.8) is 0 Å². The molecule has 2 rings (SSSR count). The van der Waals surface area contributed by atoms with Crippen LogP contribution < -0.4 is 5.32 Å². The van der Waals surface area contributed by atoms with Crippen LogP contribution in [-0.2, 0) is 11.3 Å². The number of likely N-dealkylation sites (N-methyl/N-ethyl adjacent to an activating group) is 2. The lowest BCUT2D eigenvalue weighted by Gasteiger charge is -2.29. The molecule has 1 atom stereocenters. The number of benzene rings is 1. The third kappa shape index (κ3) is 7.80. The first kappa shape index (κ1) is 23.2. The van der Waals surface area contributed by atoms with Crippen LogP contribution >= 0.6 is 24.0 Å². The van der Waals surface area contributed by atoms with Gasteiger partial charge in [-0.3, -0.25) is 9.89 Å². The number of rotatable bonds is 9. The van der Waals surface area contributed by atoms with Crippen LogP contribution in [-0.4, -0.2) is 68.2 Å². The third-order valence-electron chi connectivity index (χ3n) is 4.70. The normalized spacial score (nSPS) is 17.8. The molecule has 1 aromatic carbocycles. The summed E-state index contributed by atoms with van der Waals surface area (Å²) in [6.07, 6.45) is 2.60. The Kier molecular flexibility index (Phi) is 11.9. The Bertz CT molecular complexity index is 512. The summed E-state index contributed by atoms with van der Waals surface area (Å²) in [6.45, 7) is 10.6. The monoisotopic (exact) mass is 474 g/mol. The summed E-state index contributed by atoms with van der Waals surface area (Å²) in [5.74, 6) is 0.980. The van der Waals surface area contributed by atoms with Crippen molar-refractivity contribution in [2.24, 2.45) is 4.99 Å². The maximum atomic E-state index is 5.73. The highest BCUT2D eigenvalue weighted by molar-refractivity contribution is 14.0. The van der Waals surface area contributed by atoms with Crippen molar-refractivity contribution >= 4 is 29.9 Å². The number of ether oxygens (including phenoxy) is 1. The molecule has 1 unspecified atom stereocenters. The highest BCUT2D eigenvalue weighted by Gasteiger charge is 2.24. The molecule has 0 amide bonds. The average molecular weight is 474 g/mol. The summed E-state index contributed by atoms with van der Waals surface area (Å²) < 4.78 is 5.73. The van der Waals surface area contributed by atoms with Gasteiger partial charge in [0.15, 0.2) is 5.96 Å². The molecule has 1 aliphatic rings. The molecule has 1 heterocycles. The molecule has 148 valence electrons. The second kappa shape index (κ2) is 13.3. The van der Waals surface area contributed by atoms with E-state index < -0.39 is 0 Å². The summed E-state index contributed by atoms with van der Waals surface area (Å²) in [4.78, 5) is 9.56. The van der Waals surface area contributed by atoms with E-state index in [1.807, 2.05) is 18.2 Å². The first-order valence-corrected chi connectivity index (χ1v) is 9.59. The highest BCUT2D eigenvalue weighted by Crippen LogP contribution is 2.17. The Hall–Kier alpha value is -0.860. The van der Waals surface area contributed by atoms with Gasteiger partial charge in [0.05, 0.1) is 19.8 Å². The molecular weight excluding hydrogens is 439 g/mol. The average Bonchev–Trinajstić information content (AvgIpc) is 3.08. The van der Waals surface area contributed by atoms with Gasteiger partial charge in [-0.05, 0) is 38.4 Å². The van der Waals surface area contributed by atoms with Crippen LogP contribution in [0.3, 0.4) is 0 Å². The van der Waals surface area contributed by atoms with Crippen molar-refractivity contribution in [3.8, 4) is 0 Å². The lowest BCUT2D eigenvalue weighted by Crippen LogP contribution is -2.46. The molecule has 1 aliphatic heterocycles. The third-order valence-corrected chi connectivity index (χ3v) is 4.70. The van der Waals surface area contributed by atoms with Crippen molar-refractivity contribution < 1.29 is 4.74 Å². The minimum Gasteiger partial charge on any atom is -0.375 e. The van der Waals surface area contributed by atoms with Crippen LogP contribution in [0.2, 0.25) is 0 Å². The van der Waals surface area contributed by atoms with Gasteiger partial charge in [0.2, 0.25) is 0 Å². The number of aliphatic imine (C=N–C) groups is 1. The predicted octanol–water partition coefficient (Wildman–Crippen LogP) is 3.20. The molecule has 0 aromatic heterocycles. The van der Waals surface area contributed by atoms with E-state index in [2.05, 4.69) is 48.1 Å².